The highest BCUT2D eigenvalue weighted by molar-refractivity contribution is 6.03. The maximum atomic E-state index is 12.6. The Balaban J connectivity index is 0.000000216. The van der Waals surface area contributed by atoms with E-state index in [-0.39, 0.29) is 16.5 Å². The summed E-state index contributed by atoms with van der Waals surface area (Å²) in [5, 5.41) is 0.287. The summed E-state index contributed by atoms with van der Waals surface area (Å²) in [7, 11) is 0. The first-order chi connectivity index (χ1) is 14.3. The number of primary amides is 1. The minimum Gasteiger partial charge on any atom is -0.364 e. The van der Waals surface area contributed by atoms with Gasteiger partial charge in [-0.25, -0.2) is 8.78 Å². The Morgan fingerprint density at radius 2 is 2.03 bits per heavy atom. The molecule has 3 aromatic rings. The molecule has 1 amide bonds. The van der Waals surface area contributed by atoms with Crippen molar-refractivity contribution in [2.75, 3.05) is 0 Å². The Labute approximate surface area is 173 Å². The molecule has 1 fully saturated rings. The van der Waals surface area contributed by atoms with E-state index in [2.05, 4.69) is 16.9 Å². The molecule has 30 heavy (non-hydrogen) atoms. The van der Waals surface area contributed by atoms with Crippen molar-refractivity contribution >= 4 is 16.8 Å². The molecule has 1 aliphatic rings. The lowest BCUT2D eigenvalue weighted by Crippen LogP contribution is -2.18. The van der Waals surface area contributed by atoms with E-state index < -0.39 is 17.5 Å². The summed E-state index contributed by atoms with van der Waals surface area (Å²) in [6.07, 6.45) is 5.40. The van der Waals surface area contributed by atoms with Gasteiger partial charge in [0.15, 0.2) is 17.1 Å². The Morgan fingerprint density at radius 1 is 1.27 bits per heavy atom. The van der Waals surface area contributed by atoms with Gasteiger partial charge in [-0.2, -0.15) is 0 Å². The van der Waals surface area contributed by atoms with Crippen molar-refractivity contribution in [3.63, 3.8) is 0 Å². The molecule has 1 aromatic carbocycles. The minimum absolute atomic E-state index is 0.0371. The molecule has 0 spiro atoms. The molecule has 158 valence electrons. The Morgan fingerprint density at radius 3 is 2.63 bits per heavy atom. The summed E-state index contributed by atoms with van der Waals surface area (Å²) in [4.78, 5) is 30.8. The number of carbonyl (C=O) groups excluding carboxylic acids is 1. The smallest absolute Gasteiger partial charge is 0.268 e. The number of pyridine rings is 2. The molecular formula is C23H25F2N3O2. The third kappa shape index (κ3) is 4.56. The van der Waals surface area contributed by atoms with Crippen LogP contribution < -0.4 is 11.2 Å². The Hall–Kier alpha value is -3.09. The lowest BCUT2D eigenvalue weighted by molar-refractivity contribution is 0.0997. The van der Waals surface area contributed by atoms with Crippen LogP contribution in [0.25, 0.3) is 10.9 Å². The zero-order valence-corrected chi connectivity index (χ0v) is 17.0. The second-order valence-corrected chi connectivity index (χ2v) is 7.72. The standard InChI is InChI=1S/C15H17N3O2.C8H8F2/c1-8-2-3-9(6-8)11-7-12(19)13-10(18-11)4-5-17-14(13)15(16)20;1-2-6-4-3-5-7(9)8(6)10/h4-5,7-9H,2-3,6H2,1H3,(H2,16,20)(H,18,19);3-5H,2H2,1H3. The van der Waals surface area contributed by atoms with E-state index in [0.717, 1.165) is 24.6 Å². The fraction of sp³-hybridized carbons (Fsp3) is 0.348. The molecule has 2 heterocycles. The van der Waals surface area contributed by atoms with Crippen LogP contribution in [0, 0.1) is 17.6 Å². The van der Waals surface area contributed by atoms with Crippen molar-refractivity contribution in [3.05, 3.63) is 75.3 Å². The van der Waals surface area contributed by atoms with Crippen molar-refractivity contribution < 1.29 is 13.6 Å². The number of nitrogens with two attached hydrogens (primary N) is 1. The molecule has 0 radical (unpaired) electrons. The Bertz CT molecular complexity index is 1130. The SMILES string of the molecule is CC1CCC(c2cc(=O)c3c(C(N)=O)nccc3[nH]2)C1.CCc1cccc(F)c1F. The first kappa shape index (κ1) is 21.6. The highest BCUT2D eigenvalue weighted by atomic mass is 19.2. The van der Waals surface area contributed by atoms with Gasteiger partial charge in [0.05, 0.1) is 10.9 Å². The van der Waals surface area contributed by atoms with Crippen molar-refractivity contribution in [2.45, 2.75) is 45.4 Å². The van der Waals surface area contributed by atoms with Crippen LogP contribution in [0.2, 0.25) is 0 Å². The van der Waals surface area contributed by atoms with Crippen molar-refractivity contribution in [3.8, 4) is 0 Å². The van der Waals surface area contributed by atoms with E-state index in [1.807, 2.05) is 0 Å². The predicted molar refractivity (Wildman–Crippen MR) is 112 cm³/mol. The van der Waals surface area contributed by atoms with E-state index in [1.165, 1.54) is 18.7 Å². The summed E-state index contributed by atoms with van der Waals surface area (Å²) < 4.78 is 25.0. The quantitative estimate of drug-likeness (QED) is 0.665. The van der Waals surface area contributed by atoms with Gasteiger partial charge in [0.2, 0.25) is 0 Å². The van der Waals surface area contributed by atoms with E-state index in [1.54, 1.807) is 25.1 Å². The van der Waals surface area contributed by atoms with E-state index in [9.17, 15) is 18.4 Å². The minimum atomic E-state index is -0.764. The molecule has 2 aromatic heterocycles. The van der Waals surface area contributed by atoms with Crippen LogP contribution in [0.4, 0.5) is 8.78 Å². The van der Waals surface area contributed by atoms with E-state index in [4.69, 9.17) is 5.73 Å². The highest BCUT2D eigenvalue weighted by Crippen LogP contribution is 2.37. The third-order valence-corrected chi connectivity index (χ3v) is 5.54. The average Bonchev–Trinajstić information content (AvgIpc) is 3.16. The van der Waals surface area contributed by atoms with Crippen LogP contribution in [-0.2, 0) is 6.42 Å². The lowest BCUT2D eigenvalue weighted by Gasteiger charge is -2.11. The van der Waals surface area contributed by atoms with Crippen molar-refractivity contribution in [1.82, 2.24) is 9.97 Å². The number of hydrogen-bond donors (Lipinski definition) is 2. The van der Waals surface area contributed by atoms with Crippen LogP contribution in [0.1, 0.15) is 60.8 Å². The number of hydrogen-bond acceptors (Lipinski definition) is 3. The highest BCUT2D eigenvalue weighted by Gasteiger charge is 2.24. The zero-order valence-electron chi connectivity index (χ0n) is 17.0. The van der Waals surface area contributed by atoms with Gasteiger partial charge in [0.1, 0.15) is 5.69 Å². The summed E-state index contributed by atoms with van der Waals surface area (Å²) in [5.41, 5.74) is 7.14. The van der Waals surface area contributed by atoms with Gasteiger partial charge in [-0.1, -0.05) is 32.4 Å². The van der Waals surface area contributed by atoms with E-state index >= 15 is 0 Å². The second kappa shape index (κ2) is 9.15. The van der Waals surface area contributed by atoms with Crippen molar-refractivity contribution in [1.29, 1.82) is 0 Å². The van der Waals surface area contributed by atoms with Gasteiger partial charge < -0.3 is 10.7 Å². The number of amides is 1. The number of nitrogens with one attached hydrogen (secondary N) is 1. The summed E-state index contributed by atoms with van der Waals surface area (Å²) >= 11 is 0. The average molecular weight is 413 g/mol. The van der Waals surface area contributed by atoms with Gasteiger partial charge in [0.25, 0.3) is 5.91 Å². The van der Waals surface area contributed by atoms with Gasteiger partial charge in [-0.05, 0) is 48.8 Å². The molecule has 7 heteroatoms. The number of H-pyrrole nitrogens is 1. The maximum Gasteiger partial charge on any atom is 0.268 e. The molecule has 1 saturated carbocycles. The number of aromatic nitrogens is 2. The number of aryl methyl sites for hydroxylation is 1. The molecule has 2 atom stereocenters. The van der Waals surface area contributed by atoms with Crippen LogP contribution in [0.3, 0.4) is 0 Å². The normalized spacial score (nSPS) is 18.1. The number of aromatic amines is 1. The first-order valence-corrected chi connectivity index (χ1v) is 10.1. The second-order valence-electron chi connectivity index (χ2n) is 7.72. The number of halogens is 2. The van der Waals surface area contributed by atoms with Gasteiger partial charge >= 0.3 is 0 Å². The topological polar surface area (TPSA) is 88.8 Å². The number of fused-ring (bicyclic) bond motifs is 1. The van der Waals surface area contributed by atoms with Crippen LogP contribution >= 0.6 is 0 Å². The largest absolute Gasteiger partial charge is 0.364 e. The number of rotatable bonds is 3. The molecular weight excluding hydrogens is 388 g/mol. The van der Waals surface area contributed by atoms with E-state index in [0.29, 0.717) is 29.3 Å². The van der Waals surface area contributed by atoms with Gasteiger partial charge in [0, 0.05) is 18.0 Å². The molecule has 0 bridgehead atoms. The molecule has 4 rings (SSSR count). The monoisotopic (exact) mass is 413 g/mol. The molecule has 1 aliphatic carbocycles. The van der Waals surface area contributed by atoms with Crippen LogP contribution in [0.15, 0.2) is 41.3 Å². The predicted octanol–water partition coefficient (Wildman–Crippen LogP) is 4.45. The van der Waals surface area contributed by atoms with Crippen LogP contribution in [-0.4, -0.2) is 15.9 Å². The number of benzene rings is 1. The summed E-state index contributed by atoms with van der Waals surface area (Å²) in [6.45, 7) is 4.02. The molecule has 5 nitrogen and oxygen atoms in total. The molecule has 3 N–H and O–H groups in total. The fourth-order valence-corrected chi connectivity index (χ4v) is 3.94. The number of nitrogens with zero attached hydrogens (tertiary/aromatic N) is 1. The third-order valence-electron chi connectivity index (χ3n) is 5.54. The molecule has 0 aliphatic heterocycles. The van der Waals surface area contributed by atoms with Gasteiger partial charge in [-0.15, -0.1) is 0 Å². The van der Waals surface area contributed by atoms with Crippen LogP contribution in [0.5, 0.6) is 0 Å². The zero-order chi connectivity index (χ0) is 21.8. The summed E-state index contributed by atoms with van der Waals surface area (Å²) in [5.74, 6) is -1.07. The summed E-state index contributed by atoms with van der Waals surface area (Å²) in [6, 6.07) is 7.52. The lowest BCUT2D eigenvalue weighted by atomic mass is 10.0. The number of carbonyl (C=O) groups is 1. The van der Waals surface area contributed by atoms with Gasteiger partial charge in [-0.3, -0.25) is 14.6 Å². The van der Waals surface area contributed by atoms with Crippen molar-refractivity contribution in [2.24, 2.45) is 11.7 Å². The maximum absolute atomic E-state index is 12.6. The molecule has 2 unspecified atom stereocenters. The first-order valence-electron chi connectivity index (χ1n) is 10.1. The molecule has 0 saturated heterocycles. The fourth-order valence-electron chi connectivity index (χ4n) is 3.94. The Kier molecular flexibility index (Phi) is 6.59.